The number of hydrogen-bond donors (Lipinski definition) is 0. The molecule has 5 nitrogen and oxygen atoms in total. The fourth-order valence-corrected chi connectivity index (χ4v) is 4.66. The fraction of sp³-hybridized carbons (Fsp3) is 0.400. The van der Waals surface area contributed by atoms with Crippen molar-refractivity contribution in [3.05, 3.63) is 59.7 Å². The highest BCUT2D eigenvalue weighted by Crippen LogP contribution is 2.19. The van der Waals surface area contributed by atoms with Gasteiger partial charge in [0.05, 0.1) is 12.0 Å². The highest BCUT2D eigenvalue weighted by atomic mass is 32.2. The van der Waals surface area contributed by atoms with E-state index in [4.69, 9.17) is 4.74 Å². The van der Waals surface area contributed by atoms with Gasteiger partial charge in [-0.25, -0.2) is 8.42 Å². The average Bonchev–Trinajstić information content (AvgIpc) is 2.89. The lowest BCUT2D eigenvalue weighted by Gasteiger charge is -2.22. The number of benzene rings is 2. The smallest absolute Gasteiger partial charge is 0.243 e. The molecule has 1 aliphatic rings. The molecular weight excluding hydrogens is 348 g/mol. The first-order chi connectivity index (χ1) is 12.5. The van der Waals surface area contributed by atoms with E-state index in [9.17, 15) is 8.42 Å². The van der Waals surface area contributed by atoms with Gasteiger partial charge in [0.1, 0.15) is 5.75 Å². The maximum Gasteiger partial charge on any atom is 0.243 e. The standard InChI is InChI=1S/C20H26N2O3S/c1-17-4-10-20(11-5-17)26(23,24)22-13-3-12-21(14-15-22)16-18-6-8-19(25-2)9-7-18/h4-11H,3,12-16H2,1-2H3. The molecule has 0 aliphatic carbocycles. The van der Waals surface area contributed by atoms with E-state index in [-0.39, 0.29) is 0 Å². The molecule has 0 saturated carbocycles. The normalized spacial score (nSPS) is 17.0. The zero-order valence-corrected chi connectivity index (χ0v) is 16.2. The number of methoxy groups -OCH3 is 1. The molecule has 2 aromatic rings. The van der Waals surface area contributed by atoms with Crippen molar-refractivity contribution in [2.75, 3.05) is 33.3 Å². The first-order valence-electron chi connectivity index (χ1n) is 8.91. The summed E-state index contributed by atoms with van der Waals surface area (Å²) in [5, 5.41) is 0. The fourth-order valence-electron chi connectivity index (χ4n) is 3.19. The van der Waals surface area contributed by atoms with Gasteiger partial charge < -0.3 is 4.74 Å². The Morgan fingerprint density at radius 3 is 2.27 bits per heavy atom. The molecule has 1 saturated heterocycles. The largest absolute Gasteiger partial charge is 0.497 e. The van der Waals surface area contributed by atoms with Crippen LogP contribution in [0.4, 0.5) is 0 Å². The highest BCUT2D eigenvalue weighted by molar-refractivity contribution is 7.89. The molecule has 6 heteroatoms. The van der Waals surface area contributed by atoms with Crippen molar-refractivity contribution in [1.82, 2.24) is 9.21 Å². The lowest BCUT2D eigenvalue weighted by Crippen LogP contribution is -2.35. The quantitative estimate of drug-likeness (QED) is 0.807. The van der Waals surface area contributed by atoms with Gasteiger partial charge >= 0.3 is 0 Å². The molecule has 140 valence electrons. The lowest BCUT2D eigenvalue weighted by molar-refractivity contribution is 0.278. The Labute approximate surface area is 156 Å². The van der Waals surface area contributed by atoms with E-state index in [1.54, 1.807) is 23.5 Å². The zero-order chi connectivity index (χ0) is 18.6. The number of ether oxygens (including phenoxy) is 1. The van der Waals surface area contributed by atoms with E-state index in [1.165, 1.54) is 5.56 Å². The third kappa shape index (κ3) is 4.44. The van der Waals surface area contributed by atoms with Gasteiger partial charge in [-0.1, -0.05) is 29.8 Å². The molecule has 0 N–H and O–H groups in total. The van der Waals surface area contributed by atoms with Gasteiger partial charge in [0, 0.05) is 26.2 Å². The van der Waals surface area contributed by atoms with Crippen LogP contribution in [0.15, 0.2) is 53.4 Å². The van der Waals surface area contributed by atoms with Crippen LogP contribution in [0.2, 0.25) is 0 Å². The van der Waals surface area contributed by atoms with Crippen LogP contribution in [0.25, 0.3) is 0 Å². The molecule has 0 unspecified atom stereocenters. The second-order valence-corrected chi connectivity index (χ2v) is 8.63. The topological polar surface area (TPSA) is 49.9 Å². The summed E-state index contributed by atoms with van der Waals surface area (Å²) >= 11 is 0. The third-order valence-electron chi connectivity index (χ3n) is 4.77. The minimum Gasteiger partial charge on any atom is -0.497 e. The van der Waals surface area contributed by atoms with E-state index in [0.29, 0.717) is 18.0 Å². The van der Waals surface area contributed by atoms with Crippen LogP contribution in [0.1, 0.15) is 17.5 Å². The van der Waals surface area contributed by atoms with Gasteiger partial charge in [-0.15, -0.1) is 0 Å². The van der Waals surface area contributed by atoms with Crippen LogP contribution in [-0.4, -0.2) is 50.9 Å². The van der Waals surface area contributed by atoms with Gasteiger partial charge in [-0.05, 0) is 49.7 Å². The van der Waals surface area contributed by atoms with E-state index in [1.807, 2.05) is 31.2 Å². The van der Waals surface area contributed by atoms with Gasteiger partial charge in [-0.2, -0.15) is 4.31 Å². The van der Waals surface area contributed by atoms with Crippen LogP contribution in [0, 0.1) is 6.92 Å². The number of rotatable bonds is 5. The molecule has 1 heterocycles. The van der Waals surface area contributed by atoms with Crippen molar-refractivity contribution in [2.24, 2.45) is 0 Å². The van der Waals surface area contributed by atoms with Crippen LogP contribution in [0.3, 0.4) is 0 Å². The second-order valence-electron chi connectivity index (χ2n) is 6.69. The summed E-state index contributed by atoms with van der Waals surface area (Å²) in [5.74, 6) is 0.847. The first-order valence-corrected chi connectivity index (χ1v) is 10.3. The Kier molecular flexibility index (Phi) is 5.96. The second kappa shape index (κ2) is 8.20. The molecule has 2 aromatic carbocycles. The van der Waals surface area contributed by atoms with E-state index in [0.717, 1.165) is 37.4 Å². The number of hydrogen-bond acceptors (Lipinski definition) is 4. The molecule has 1 aliphatic heterocycles. The highest BCUT2D eigenvalue weighted by Gasteiger charge is 2.26. The monoisotopic (exact) mass is 374 g/mol. The predicted octanol–water partition coefficient (Wildman–Crippen LogP) is 2.90. The Morgan fingerprint density at radius 2 is 1.62 bits per heavy atom. The summed E-state index contributed by atoms with van der Waals surface area (Å²) in [5.41, 5.74) is 2.27. The van der Waals surface area contributed by atoms with Crippen molar-refractivity contribution >= 4 is 10.0 Å². The maximum atomic E-state index is 12.9. The summed E-state index contributed by atoms with van der Waals surface area (Å²) < 4.78 is 32.6. The molecule has 26 heavy (non-hydrogen) atoms. The number of sulfonamides is 1. The number of nitrogens with zero attached hydrogens (tertiary/aromatic N) is 2. The summed E-state index contributed by atoms with van der Waals surface area (Å²) in [6, 6.07) is 15.1. The minimum atomic E-state index is -3.42. The Hall–Kier alpha value is -1.89. The molecule has 1 fully saturated rings. The molecule has 0 spiro atoms. The van der Waals surface area contributed by atoms with Crippen LogP contribution < -0.4 is 4.74 Å². The molecule has 0 bridgehead atoms. The minimum absolute atomic E-state index is 0.381. The summed E-state index contributed by atoms with van der Waals surface area (Å²) in [4.78, 5) is 2.69. The summed E-state index contributed by atoms with van der Waals surface area (Å²) in [6.07, 6.45) is 0.835. The Balaban J connectivity index is 1.64. The summed E-state index contributed by atoms with van der Waals surface area (Å²) in [6.45, 7) is 5.49. The van der Waals surface area contributed by atoms with Crippen LogP contribution in [-0.2, 0) is 16.6 Å². The Bertz CT molecular complexity index is 817. The SMILES string of the molecule is COc1ccc(CN2CCCN(S(=O)(=O)c3ccc(C)cc3)CC2)cc1. The Morgan fingerprint density at radius 1 is 0.923 bits per heavy atom. The van der Waals surface area contributed by atoms with Crippen molar-refractivity contribution in [2.45, 2.75) is 24.8 Å². The van der Waals surface area contributed by atoms with E-state index in [2.05, 4.69) is 17.0 Å². The van der Waals surface area contributed by atoms with Crippen molar-refractivity contribution in [1.29, 1.82) is 0 Å². The van der Waals surface area contributed by atoms with E-state index >= 15 is 0 Å². The molecular formula is C20H26N2O3S. The van der Waals surface area contributed by atoms with Crippen molar-refractivity contribution in [3.63, 3.8) is 0 Å². The maximum absolute atomic E-state index is 12.9. The zero-order valence-electron chi connectivity index (χ0n) is 15.4. The van der Waals surface area contributed by atoms with Gasteiger partial charge in [0.25, 0.3) is 0 Å². The molecule has 0 atom stereocenters. The van der Waals surface area contributed by atoms with Gasteiger partial charge in [0.15, 0.2) is 0 Å². The molecule has 0 radical (unpaired) electrons. The summed E-state index contributed by atoms with van der Waals surface area (Å²) in [7, 11) is -1.76. The van der Waals surface area contributed by atoms with Gasteiger partial charge in [0.2, 0.25) is 10.0 Å². The molecule has 0 amide bonds. The molecule has 3 rings (SSSR count). The van der Waals surface area contributed by atoms with Gasteiger partial charge in [-0.3, -0.25) is 4.90 Å². The first kappa shape index (κ1) is 18.9. The molecule has 0 aromatic heterocycles. The van der Waals surface area contributed by atoms with Crippen molar-refractivity contribution in [3.8, 4) is 5.75 Å². The van der Waals surface area contributed by atoms with Crippen LogP contribution in [0.5, 0.6) is 5.75 Å². The predicted molar refractivity (Wildman–Crippen MR) is 103 cm³/mol. The third-order valence-corrected chi connectivity index (χ3v) is 6.68. The van der Waals surface area contributed by atoms with E-state index < -0.39 is 10.0 Å². The number of aryl methyl sites for hydroxylation is 1. The lowest BCUT2D eigenvalue weighted by atomic mass is 10.2. The average molecular weight is 375 g/mol. The van der Waals surface area contributed by atoms with Crippen LogP contribution >= 0.6 is 0 Å². The van der Waals surface area contributed by atoms with Crippen molar-refractivity contribution < 1.29 is 13.2 Å².